The predicted molar refractivity (Wildman–Crippen MR) is 140 cm³/mol. The van der Waals surface area contributed by atoms with E-state index in [2.05, 4.69) is 23.6 Å². The van der Waals surface area contributed by atoms with Crippen molar-refractivity contribution in [2.45, 2.75) is 97.5 Å². The average molecular weight is 510 g/mol. The largest absolute Gasteiger partial charge is 0.487 e. The van der Waals surface area contributed by atoms with E-state index in [1.165, 1.54) is 7.11 Å². The summed E-state index contributed by atoms with van der Waals surface area (Å²) < 4.78 is 41.5. The van der Waals surface area contributed by atoms with Crippen molar-refractivity contribution < 1.29 is 22.7 Å². The molecule has 1 aliphatic heterocycles. The Morgan fingerprint density at radius 1 is 1.09 bits per heavy atom. The van der Waals surface area contributed by atoms with Gasteiger partial charge in [0.1, 0.15) is 11.4 Å². The molecule has 0 aromatic heterocycles. The Labute approximate surface area is 211 Å². The van der Waals surface area contributed by atoms with E-state index < -0.39 is 10.0 Å². The molecule has 0 unspecified atom stereocenters. The Morgan fingerprint density at radius 2 is 1.74 bits per heavy atom. The summed E-state index contributed by atoms with van der Waals surface area (Å²) in [6.07, 6.45) is 4.36. The van der Waals surface area contributed by atoms with Gasteiger partial charge in [0, 0.05) is 31.6 Å². The summed E-state index contributed by atoms with van der Waals surface area (Å²) in [5, 5.41) is 0. The van der Waals surface area contributed by atoms with Gasteiger partial charge in [-0.25, -0.2) is 13.1 Å². The number of aliphatic imine (C=N–C) groups is 1. The number of nitrogens with one attached hydrogen (secondary N) is 1. The highest BCUT2D eigenvalue weighted by Gasteiger charge is 2.37. The maximum Gasteiger partial charge on any atom is 0.307 e. The van der Waals surface area contributed by atoms with Crippen LogP contribution >= 0.6 is 0 Å². The molecule has 198 valence electrons. The second-order valence-electron chi connectivity index (χ2n) is 9.88. The topological polar surface area (TPSA) is 97.3 Å². The number of unbranched alkanes of at least 4 members (excludes halogenated alkanes) is 2. The van der Waals surface area contributed by atoms with Crippen LogP contribution < -0.4 is 9.46 Å². The lowest BCUT2D eigenvalue weighted by molar-refractivity contribution is -0.140. The number of carbonyl (C=O) groups excluding carboxylic acids is 1. The molecule has 8 nitrogen and oxygen atoms in total. The summed E-state index contributed by atoms with van der Waals surface area (Å²) in [4.78, 5) is 18.6. The average Bonchev–Trinajstić information content (AvgIpc) is 3.12. The molecule has 0 bridgehead atoms. The van der Waals surface area contributed by atoms with E-state index in [9.17, 15) is 13.2 Å². The summed E-state index contributed by atoms with van der Waals surface area (Å²) in [6, 6.07) is 0. The number of sulfonamides is 1. The molecule has 1 heterocycles. The minimum atomic E-state index is -3.95. The number of carbonyl (C=O) groups is 1. The molecule has 9 heteroatoms. The lowest BCUT2D eigenvalue weighted by Crippen LogP contribution is -2.46. The molecule has 1 N–H and O–H groups in total. The molecule has 0 spiro atoms. The molecular weight excluding hydrogens is 466 g/mol. The number of guanidine groups is 1. The number of esters is 1. The molecule has 1 aliphatic rings. The lowest BCUT2D eigenvalue weighted by atomic mass is 9.94. The number of benzene rings is 1. The monoisotopic (exact) mass is 509 g/mol. The van der Waals surface area contributed by atoms with Crippen molar-refractivity contribution in [1.29, 1.82) is 0 Å². The van der Waals surface area contributed by atoms with Crippen LogP contribution in [-0.4, -0.2) is 57.6 Å². The van der Waals surface area contributed by atoms with Gasteiger partial charge in [-0.05, 0) is 64.2 Å². The quantitative estimate of drug-likeness (QED) is 0.205. The van der Waals surface area contributed by atoms with E-state index in [1.54, 1.807) is 0 Å². The highest BCUT2D eigenvalue weighted by Crippen LogP contribution is 2.43. The van der Waals surface area contributed by atoms with E-state index in [4.69, 9.17) is 9.47 Å². The maximum atomic E-state index is 13.9. The SMILES string of the molecule is CCCCN=C(NS(=O)(=O)c1c(C)c(C)c2c(c1C)CC(C)(C)O2)N(CCCC)CCC(=O)OC. The Balaban J connectivity index is 2.50. The normalized spacial score (nSPS) is 14.9. The van der Waals surface area contributed by atoms with Crippen molar-refractivity contribution in [3.63, 3.8) is 0 Å². The molecule has 0 aliphatic carbocycles. The van der Waals surface area contributed by atoms with E-state index in [1.807, 2.05) is 39.5 Å². The lowest BCUT2D eigenvalue weighted by Gasteiger charge is -2.27. The van der Waals surface area contributed by atoms with E-state index in [-0.39, 0.29) is 28.8 Å². The van der Waals surface area contributed by atoms with Gasteiger partial charge in [0.15, 0.2) is 0 Å². The zero-order valence-corrected chi connectivity index (χ0v) is 23.5. The van der Waals surface area contributed by atoms with Gasteiger partial charge in [-0.1, -0.05) is 26.7 Å². The van der Waals surface area contributed by atoms with E-state index in [0.29, 0.717) is 37.2 Å². The number of rotatable bonds is 11. The fraction of sp³-hybridized carbons (Fsp3) is 0.692. The minimum absolute atomic E-state index is 0.150. The fourth-order valence-electron chi connectivity index (χ4n) is 4.36. The van der Waals surface area contributed by atoms with Crippen LogP contribution in [0.4, 0.5) is 0 Å². The van der Waals surface area contributed by atoms with Gasteiger partial charge in [-0.3, -0.25) is 9.79 Å². The number of ether oxygens (including phenoxy) is 2. The molecule has 0 radical (unpaired) electrons. The van der Waals surface area contributed by atoms with Gasteiger partial charge in [-0.2, -0.15) is 0 Å². The predicted octanol–water partition coefficient (Wildman–Crippen LogP) is 4.42. The molecule has 0 amide bonds. The highest BCUT2D eigenvalue weighted by atomic mass is 32.2. The van der Waals surface area contributed by atoms with Gasteiger partial charge < -0.3 is 14.4 Å². The molecule has 0 atom stereocenters. The Kier molecular flexibility index (Phi) is 10.0. The first kappa shape index (κ1) is 28.9. The van der Waals surface area contributed by atoms with Crippen LogP contribution in [0, 0.1) is 20.8 Å². The van der Waals surface area contributed by atoms with Crippen molar-refractivity contribution in [3.05, 3.63) is 22.3 Å². The number of methoxy groups -OCH3 is 1. The number of hydrogen-bond donors (Lipinski definition) is 1. The van der Waals surface area contributed by atoms with Gasteiger partial charge >= 0.3 is 5.97 Å². The fourth-order valence-corrected chi connectivity index (χ4v) is 5.98. The number of nitrogens with zero attached hydrogens (tertiary/aromatic N) is 2. The van der Waals surface area contributed by atoms with Crippen LogP contribution in [0.5, 0.6) is 5.75 Å². The summed E-state index contributed by atoms with van der Waals surface area (Å²) in [6.45, 7) is 15.2. The zero-order valence-electron chi connectivity index (χ0n) is 22.7. The van der Waals surface area contributed by atoms with Crippen LogP contribution in [0.25, 0.3) is 0 Å². The first-order valence-corrected chi connectivity index (χ1v) is 14.1. The van der Waals surface area contributed by atoms with Crippen molar-refractivity contribution in [2.75, 3.05) is 26.7 Å². The minimum Gasteiger partial charge on any atom is -0.487 e. The first-order valence-electron chi connectivity index (χ1n) is 12.6. The summed E-state index contributed by atoms with van der Waals surface area (Å²) >= 11 is 0. The zero-order chi connectivity index (χ0) is 26.4. The highest BCUT2D eigenvalue weighted by molar-refractivity contribution is 7.90. The molecule has 35 heavy (non-hydrogen) atoms. The molecule has 1 aromatic carbocycles. The van der Waals surface area contributed by atoms with Gasteiger partial charge in [0.05, 0.1) is 18.4 Å². The summed E-state index contributed by atoms with van der Waals surface area (Å²) in [7, 11) is -2.60. The van der Waals surface area contributed by atoms with E-state index >= 15 is 0 Å². The van der Waals surface area contributed by atoms with Crippen molar-refractivity contribution in [1.82, 2.24) is 9.62 Å². The molecule has 0 saturated carbocycles. The smallest absolute Gasteiger partial charge is 0.307 e. The molecule has 0 fully saturated rings. The Hall–Kier alpha value is -2.29. The number of hydrogen-bond acceptors (Lipinski definition) is 6. The third-order valence-electron chi connectivity index (χ3n) is 6.45. The second kappa shape index (κ2) is 12.1. The molecule has 0 saturated heterocycles. The first-order chi connectivity index (χ1) is 16.4. The van der Waals surface area contributed by atoms with Gasteiger partial charge in [0.2, 0.25) is 5.96 Å². The summed E-state index contributed by atoms with van der Waals surface area (Å²) in [5.74, 6) is 0.735. The van der Waals surface area contributed by atoms with Gasteiger partial charge in [-0.15, -0.1) is 0 Å². The third-order valence-corrected chi connectivity index (χ3v) is 8.06. The second-order valence-corrected chi connectivity index (χ2v) is 11.5. The van der Waals surface area contributed by atoms with Gasteiger partial charge in [0.25, 0.3) is 10.0 Å². The molecular formula is C26H43N3O5S. The van der Waals surface area contributed by atoms with Crippen LogP contribution in [0.1, 0.15) is 82.1 Å². The number of fused-ring (bicyclic) bond motifs is 1. The van der Waals surface area contributed by atoms with Crippen LogP contribution in [0.15, 0.2) is 9.89 Å². The third kappa shape index (κ3) is 7.12. The molecule has 1 aromatic rings. The Bertz CT molecular complexity index is 1050. The van der Waals surface area contributed by atoms with E-state index in [0.717, 1.165) is 42.6 Å². The summed E-state index contributed by atoms with van der Waals surface area (Å²) in [5.41, 5.74) is 2.79. The maximum absolute atomic E-state index is 13.9. The van der Waals surface area contributed by atoms with Crippen LogP contribution in [0.2, 0.25) is 0 Å². The Morgan fingerprint density at radius 3 is 2.34 bits per heavy atom. The van der Waals surface area contributed by atoms with Crippen molar-refractivity contribution >= 4 is 22.0 Å². The molecule has 2 rings (SSSR count). The van der Waals surface area contributed by atoms with Crippen molar-refractivity contribution in [2.24, 2.45) is 4.99 Å². The van der Waals surface area contributed by atoms with Crippen LogP contribution in [0.3, 0.4) is 0 Å². The standard InChI is InChI=1S/C26H43N3O5S/c1-9-11-14-27-25(29(15-12-10-2)16-13-22(30)33-8)28-35(31,32)24-19(4)18(3)23-21(20(24)5)17-26(6,7)34-23/h9-17H2,1-8H3,(H,27,28). The van der Waals surface area contributed by atoms with Crippen molar-refractivity contribution in [3.8, 4) is 5.75 Å². The van der Waals surface area contributed by atoms with Crippen LogP contribution in [-0.2, 0) is 26.0 Å².